The Kier molecular flexibility index (Phi) is 8.18. The summed E-state index contributed by atoms with van der Waals surface area (Å²) < 4.78 is 10.8. The minimum Gasteiger partial charge on any atom is -0.376 e. The lowest BCUT2D eigenvalue weighted by molar-refractivity contribution is 0.00911. The summed E-state index contributed by atoms with van der Waals surface area (Å²) in [7, 11) is 0. The fraction of sp³-hybridized carbons (Fsp3) is 0.917. The lowest BCUT2D eigenvalue weighted by Gasteiger charge is -2.22. The summed E-state index contributed by atoms with van der Waals surface area (Å²) in [6, 6.07) is 2.24. The van der Waals surface area contributed by atoms with Crippen molar-refractivity contribution in [3.8, 4) is 6.07 Å². The van der Waals surface area contributed by atoms with Gasteiger partial charge in [-0.3, -0.25) is 5.32 Å². The van der Waals surface area contributed by atoms with Crippen LogP contribution in [0, 0.1) is 11.3 Å². The zero-order chi connectivity index (χ0) is 12.4. The molecule has 0 fully saturated rings. The molecular formula is C12H24N2O2. The van der Waals surface area contributed by atoms with Gasteiger partial charge < -0.3 is 9.47 Å². The van der Waals surface area contributed by atoms with Gasteiger partial charge in [-0.2, -0.15) is 5.26 Å². The number of rotatable bonds is 9. The van der Waals surface area contributed by atoms with Gasteiger partial charge in [0.1, 0.15) is 5.54 Å². The molecule has 0 bridgehead atoms. The van der Waals surface area contributed by atoms with Crippen LogP contribution in [0.5, 0.6) is 0 Å². The SMILES string of the molecule is CCCNC(C)(C#N)COCCOC(C)C. The van der Waals surface area contributed by atoms with Gasteiger partial charge in [-0.05, 0) is 33.7 Å². The van der Waals surface area contributed by atoms with Crippen LogP contribution in [0.2, 0.25) is 0 Å². The second kappa shape index (κ2) is 8.51. The molecule has 1 unspecified atom stereocenters. The van der Waals surface area contributed by atoms with Crippen LogP contribution in [-0.4, -0.2) is 38.0 Å². The summed E-state index contributed by atoms with van der Waals surface area (Å²) in [6.07, 6.45) is 1.23. The van der Waals surface area contributed by atoms with E-state index in [1.807, 2.05) is 20.8 Å². The van der Waals surface area contributed by atoms with Crippen molar-refractivity contribution in [2.45, 2.75) is 45.8 Å². The molecule has 0 aromatic carbocycles. The van der Waals surface area contributed by atoms with Crippen molar-refractivity contribution < 1.29 is 9.47 Å². The number of nitrogens with zero attached hydrogens (tertiary/aromatic N) is 1. The Balaban J connectivity index is 3.66. The highest BCUT2D eigenvalue weighted by Gasteiger charge is 2.22. The van der Waals surface area contributed by atoms with Gasteiger partial charge in [-0.15, -0.1) is 0 Å². The molecule has 94 valence electrons. The Labute approximate surface area is 98.9 Å². The van der Waals surface area contributed by atoms with E-state index < -0.39 is 5.54 Å². The van der Waals surface area contributed by atoms with Crippen molar-refractivity contribution >= 4 is 0 Å². The molecule has 1 atom stereocenters. The summed E-state index contributed by atoms with van der Waals surface area (Å²) in [4.78, 5) is 0. The predicted molar refractivity (Wildman–Crippen MR) is 64.2 cm³/mol. The molecule has 0 amide bonds. The molecule has 4 nitrogen and oxygen atoms in total. The normalized spacial score (nSPS) is 14.8. The third-order valence-electron chi connectivity index (χ3n) is 2.08. The molecule has 0 aromatic heterocycles. The molecular weight excluding hydrogens is 204 g/mol. The molecule has 0 saturated carbocycles. The summed E-state index contributed by atoms with van der Waals surface area (Å²) in [5, 5.41) is 12.2. The minimum absolute atomic E-state index is 0.226. The van der Waals surface area contributed by atoms with Crippen molar-refractivity contribution in [1.82, 2.24) is 5.32 Å². The second-order valence-electron chi connectivity index (χ2n) is 4.34. The van der Waals surface area contributed by atoms with Gasteiger partial charge >= 0.3 is 0 Å². The van der Waals surface area contributed by atoms with E-state index in [9.17, 15) is 0 Å². The number of ether oxygens (including phenoxy) is 2. The van der Waals surface area contributed by atoms with E-state index >= 15 is 0 Å². The van der Waals surface area contributed by atoms with Crippen LogP contribution < -0.4 is 5.32 Å². The molecule has 0 saturated heterocycles. The Morgan fingerprint density at radius 1 is 1.38 bits per heavy atom. The van der Waals surface area contributed by atoms with E-state index in [-0.39, 0.29) is 6.10 Å². The first-order valence-electron chi connectivity index (χ1n) is 5.89. The van der Waals surface area contributed by atoms with Gasteiger partial charge in [0.25, 0.3) is 0 Å². The molecule has 1 N–H and O–H groups in total. The molecule has 0 heterocycles. The highest BCUT2D eigenvalue weighted by molar-refractivity contribution is 5.03. The van der Waals surface area contributed by atoms with Gasteiger partial charge in [0, 0.05) is 0 Å². The quantitative estimate of drug-likeness (QED) is 0.610. The fourth-order valence-electron chi connectivity index (χ4n) is 1.14. The van der Waals surface area contributed by atoms with Crippen LogP contribution in [0.4, 0.5) is 0 Å². The topological polar surface area (TPSA) is 54.3 Å². The van der Waals surface area contributed by atoms with Crippen LogP contribution in [0.25, 0.3) is 0 Å². The zero-order valence-corrected chi connectivity index (χ0v) is 10.9. The maximum absolute atomic E-state index is 9.03. The van der Waals surface area contributed by atoms with Crippen LogP contribution in [0.3, 0.4) is 0 Å². The molecule has 0 spiro atoms. The summed E-state index contributed by atoms with van der Waals surface area (Å²) in [6.45, 7) is 10.2. The highest BCUT2D eigenvalue weighted by atomic mass is 16.5. The first kappa shape index (κ1) is 15.4. The highest BCUT2D eigenvalue weighted by Crippen LogP contribution is 2.02. The smallest absolute Gasteiger partial charge is 0.127 e. The number of nitriles is 1. The van der Waals surface area contributed by atoms with Crippen molar-refractivity contribution in [1.29, 1.82) is 5.26 Å². The van der Waals surface area contributed by atoms with Crippen LogP contribution >= 0.6 is 0 Å². The second-order valence-corrected chi connectivity index (χ2v) is 4.34. The Hall–Kier alpha value is -0.630. The van der Waals surface area contributed by atoms with Gasteiger partial charge in [-0.1, -0.05) is 6.92 Å². The summed E-state index contributed by atoms with van der Waals surface area (Å²) in [5.74, 6) is 0. The van der Waals surface area contributed by atoms with Gasteiger partial charge in [0.15, 0.2) is 0 Å². The minimum atomic E-state index is -0.589. The Bertz CT molecular complexity index is 214. The molecule has 4 heteroatoms. The van der Waals surface area contributed by atoms with Crippen molar-refractivity contribution in [3.63, 3.8) is 0 Å². The van der Waals surface area contributed by atoms with Crippen molar-refractivity contribution in [2.24, 2.45) is 0 Å². The fourth-order valence-corrected chi connectivity index (χ4v) is 1.14. The monoisotopic (exact) mass is 228 g/mol. The van der Waals surface area contributed by atoms with E-state index in [4.69, 9.17) is 14.7 Å². The lowest BCUT2D eigenvalue weighted by atomic mass is 10.1. The largest absolute Gasteiger partial charge is 0.376 e. The van der Waals surface area contributed by atoms with E-state index in [0.29, 0.717) is 19.8 Å². The van der Waals surface area contributed by atoms with Crippen molar-refractivity contribution in [2.75, 3.05) is 26.4 Å². The number of hydrogen-bond donors (Lipinski definition) is 1. The molecule has 0 aliphatic rings. The van der Waals surface area contributed by atoms with E-state index in [1.165, 1.54) is 0 Å². The molecule has 0 aliphatic heterocycles. The average molecular weight is 228 g/mol. The van der Waals surface area contributed by atoms with Crippen LogP contribution in [0.15, 0.2) is 0 Å². The van der Waals surface area contributed by atoms with E-state index in [1.54, 1.807) is 0 Å². The maximum Gasteiger partial charge on any atom is 0.127 e. The number of nitrogens with one attached hydrogen (secondary N) is 1. The number of hydrogen-bond acceptors (Lipinski definition) is 4. The summed E-state index contributed by atoms with van der Waals surface area (Å²) >= 11 is 0. The maximum atomic E-state index is 9.03. The first-order valence-corrected chi connectivity index (χ1v) is 5.89. The average Bonchev–Trinajstić information content (AvgIpc) is 2.25. The lowest BCUT2D eigenvalue weighted by Crippen LogP contribution is -2.45. The Morgan fingerprint density at radius 2 is 2.06 bits per heavy atom. The van der Waals surface area contributed by atoms with E-state index in [0.717, 1.165) is 13.0 Å². The van der Waals surface area contributed by atoms with E-state index in [2.05, 4.69) is 18.3 Å². The predicted octanol–water partition coefficient (Wildman–Crippen LogP) is 1.71. The van der Waals surface area contributed by atoms with Crippen LogP contribution in [-0.2, 0) is 9.47 Å². The molecule has 0 radical (unpaired) electrons. The Morgan fingerprint density at radius 3 is 2.56 bits per heavy atom. The zero-order valence-electron chi connectivity index (χ0n) is 10.9. The van der Waals surface area contributed by atoms with Crippen molar-refractivity contribution in [3.05, 3.63) is 0 Å². The molecule has 0 aromatic rings. The molecule has 0 rings (SSSR count). The van der Waals surface area contributed by atoms with Gasteiger partial charge in [-0.25, -0.2) is 0 Å². The van der Waals surface area contributed by atoms with Crippen LogP contribution in [0.1, 0.15) is 34.1 Å². The summed E-state index contributed by atoms with van der Waals surface area (Å²) in [5.41, 5.74) is -0.589. The van der Waals surface area contributed by atoms with Gasteiger partial charge in [0.05, 0.1) is 32.0 Å². The molecule has 0 aliphatic carbocycles. The first-order chi connectivity index (χ1) is 7.54. The third kappa shape index (κ3) is 7.63. The third-order valence-corrected chi connectivity index (χ3v) is 2.08. The standard InChI is InChI=1S/C12H24N2O2/c1-5-6-14-12(4,9-13)10-15-7-8-16-11(2)3/h11,14H,5-8,10H2,1-4H3. The van der Waals surface area contributed by atoms with Gasteiger partial charge in [0.2, 0.25) is 0 Å². The molecule has 16 heavy (non-hydrogen) atoms.